The summed E-state index contributed by atoms with van der Waals surface area (Å²) in [4.78, 5) is 4.35. The lowest BCUT2D eigenvalue weighted by Gasteiger charge is -2.23. The van der Waals surface area contributed by atoms with E-state index in [4.69, 9.17) is 9.47 Å². The molecule has 0 heterocycles. The summed E-state index contributed by atoms with van der Waals surface area (Å²) in [5.74, 6) is 1.06. The van der Waals surface area contributed by atoms with Crippen LogP contribution in [0.4, 0.5) is 5.69 Å². The Morgan fingerprint density at radius 2 is 1.68 bits per heavy atom. The van der Waals surface area contributed by atoms with Crippen molar-refractivity contribution >= 4 is 5.69 Å². The lowest BCUT2D eigenvalue weighted by atomic mass is 10.00. The number of benzene rings is 2. The quantitative estimate of drug-likeness (QED) is 0.311. The van der Waals surface area contributed by atoms with Crippen LogP contribution in [0.5, 0.6) is 0 Å². The minimum absolute atomic E-state index is 0.453. The molecular weight excluding hydrogens is 384 g/mol. The second-order valence-electron chi connectivity index (χ2n) is 7.87. The zero-order chi connectivity index (χ0) is 22.6. The van der Waals surface area contributed by atoms with E-state index in [-0.39, 0.29) is 0 Å². The lowest BCUT2D eigenvalue weighted by molar-refractivity contribution is 0.159. The largest absolute Gasteiger partial charge is 0.490 e. The fourth-order valence-corrected chi connectivity index (χ4v) is 3.20. The third-order valence-corrected chi connectivity index (χ3v) is 5.27. The normalized spacial score (nSPS) is 12.2. The van der Waals surface area contributed by atoms with Crippen LogP contribution in [-0.4, -0.2) is 45.8 Å². The van der Waals surface area contributed by atoms with Crippen molar-refractivity contribution in [2.24, 2.45) is 0 Å². The van der Waals surface area contributed by atoms with E-state index in [1.54, 1.807) is 7.11 Å². The maximum Gasteiger partial charge on any atom is 0.113 e. The van der Waals surface area contributed by atoms with E-state index in [0.29, 0.717) is 18.3 Å². The average Bonchev–Trinajstić information content (AvgIpc) is 2.80. The number of hydrogen-bond acceptors (Lipinski definition) is 4. The molecule has 0 saturated carbocycles. The maximum absolute atomic E-state index is 5.71. The van der Waals surface area contributed by atoms with Gasteiger partial charge in [-0.15, -0.1) is 0 Å². The number of methoxy groups -OCH3 is 1. The van der Waals surface area contributed by atoms with Gasteiger partial charge in [0.25, 0.3) is 0 Å². The van der Waals surface area contributed by atoms with E-state index in [9.17, 15) is 0 Å². The number of rotatable bonds is 13. The zero-order valence-electron chi connectivity index (χ0n) is 19.4. The summed E-state index contributed by atoms with van der Waals surface area (Å²) in [6.07, 6.45) is 3.78. The van der Waals surface area contributed by atoms with Gasteiger partial charge in [-0.3, -0.25) is 0 Å². The van der Waals surface area contributed by atoms with Crippen molar-refractivity contribution in [1.29, 1.82) is 0 Å². The summed E-state index contributed by atoms with van der Waals surface area (Å²) in [5.41, 5.74) is 4.40. The molecule has 0 bridgehead atoms. The summed E-state index contributed by atoms with van der Waals surface area (Å²) in [5, 5.41) is 0. The third-order valence-electron chi connectivity index (χ3n) is 5.27. The van der Waals surface area contributed by atoms with E-state index >= 15 is 0 Å². The van der Waals surface area contributed by atoms with Crippen molar-refractivity contribution < 1.29 is 9.47 Å². The first-order valence-electron chi connectivity index (χ1n) is 10.6. The molecule has 0 saturated heterocycles. The monoisotopic (exact) mass is 420 g/mol. The molecule has 0 amide bonds. The molecule has 166 valence electrons. The van der Waals surface area contributed by atoms with Crippen LogP contribution < -0.4 is 4.90 Å². The van der Waals surface area contributed by atoms with E-state index in [2.05, 4.69) is 61.2 Å². The van der Waals surface area contributed by atoms with E-state index in [0.717, 1.165) is 36.6 Å². The first kappa shape index (κ1) is 24.4. The minimum atomic E-state index is 0.453. The number of ether oxygens (including phenoxy) is 2. The van der Waals surface area contributed by atoms with Gasteiger partial charge in [0.15, 0.2) is 0 Å². The van der Waals surface area contributed by atoms with Crippen molar-refractivity contribution in [1.82, 2.24) is 4.90 Å². The van der Waals surface area contributed by atoms with Crippen LogP contribution in [0.3, 0.4) is 0 Å². The Balaban J connectivity index is 1.85. The second-order valence-corrected chi connectivity index (χ2v) is 7.87. The van der Waals surface area contributed by atoms with Gasteiger partial charge < -0.3 is 19.3 Å². The number of nitrogens with zero attached hydrogens (tertiary/aromatic N) is 2. The highest BCUT2D eigenvalue weighted by Crippen LogP contribution is 2.23. The smallest absolute Gasteiger partial charge is 0.113 e. The molecule has 0 aliphatic rings. The number of hydrogen-bond donors (Lipinski definition) is 0. The molecule has 4 nitrogen and oxygen atoms in total. The molecule has 1 atom stereocenters. The van der Waals surface area contributed by atoms with Gasteiger partial charge in [-0.1, -0.05) is 62.5 Å². The molecule has 0 aromatic heterocycles. The highest BCUT2D eigenvalue weighted by atomic mass is 16.5. The predicted molar refractivity (Wildman–Crippen MR) is 131 cm³/mol. The highest BCUT2D eigenvalue weighted by molar-refractivity contribution is 5.54. The number of anilines is 1. The van der Waals surface area contributed by atoms with Crippen molar-refractivity contribution in [3.05, 3.63) is 102 Å². The molecular formula is C27H36N2O2. The van der Waals surface area contributed by atoms with Crippen LogP contribution in [0.1, 0.15) is 24.0 Å². The van der Waals surface area contributed by atoms with Crippen LogP contribution in [0.25, 0.3) is 0 Å². The molecule has 2 rings (SSSR count). The molecule has 0 N–H and O–H groups in total. The second kappa shape index (κ2) is 12.8. The topological polar surface area (TPSA) is 24.9 Å². The molecule has 0 aliphatic carbocycles. The van der Waals surface area contributed by atoms with Crippen LogP contribution in [0.2, 0.25) is 0 Å². The third kappa shape index (κ3) is 8.44. The Bertz CT molecular complexity index is 843. The van der Waals surface area contributed by atoms with Crippen LogP contribution in [0.15, 0.2) is 91.4 Å². The predicted octanol–water partition coefficient (Wildman–Crippen LogP) is 5.60. The van der Waals surface area contributed by atoms with E-state index < -0.39 is 0 Å². The molecule has 0 radical (unpaired) electrons. The SMILES string of the molecule is C=C(/C=C\C(=C)N(C)c1ccc(C(C)CN(C)CCOC)cc1)OCc1ccccc1. The van der Waals surface area contributed by atoms with Gasteiger partial charge >= 0.3 is 0 Å². The van der Waals surface area contributed by atoms with Crippen molar-refractivity contribution in [3.63, 3.8) is 0 Å². The van der Waals surface area contributed by atoms with E-state index in [1.165, 1.54) is 5.56 Å². The first-order chi connectivity index (χ1) is 14.9. The van der Waals surface area contributed by atoms with Gasteiger partial charge in [-0.25, -0.2) is 0 Å². The molecule has 2 aromatic carbocycles. The summed E-state index contributed by atoms with van der Waals surface area (Å²) < 4.78 is 10.9. The maximum atomic E-state index is 5.71. The van der Waals surface area contributed by atoms with Crippen LogP contribution in [-0.2, 0) is 16.1 Å². The Hall–Kier alpha value is -2.82. The van der Waals surface area contributed by atoms with Crippen molar-refractivity contribution in [3.8, 4) is 0 Å². The van der Waals surface area contributed by atoms with Crippen LogP contribution >= 0.6 is 0 Å². The molecule has 1 unspecified atom stereocenters. The Morgan fingerprint density at radius 3 is 2.32 bits per heavy atom. The van der Waals surface area contributed by atoms with E-state index in [1.807, 2.05) is 49.5 Å². The van der Waals surface area contributed by atoms with Crippen molar-refractivity contribution in [2.75, 3.05) is 45.8 Å². The number of allylic oxidation sites excluding steroid dienone is 2. The molecule has 0 aliphatic heterocycles. The summed E-state index contributed by atoms with van der Waals surface area (Å²) in [6, 6.07) is 18.7. The summed E-state index contributed by atoms with van der Waals surface area (Å²) in [7, 11) is 5.88. The molecule has 31 heavy (non-hydrogen) atoms. The lowest BCUT2D eigenvalue weighted by Crippen LogP contribution is -2.27. The van der Waals surface area contributed by atoms with Gasteiger partial charge in [-0.05, 0) is 48.4 Å². The van der Waals surface area contributed by atoms with Gasteiger partial charge in [0.05, 0.1) is 6.61 Å². The van der Waals surface area contributed by atoms with Gasteiger partial charge in [0.2, 0.25) is 0 Å². The van der Waals surface area contributed by atoms with Gasteiger partial charge in [-0.2, -0.15) is 0 Å². The standard InChI is InChI=1S/C27H36N2O2/c1-22(20-28(4)18-19-30-6)26-14-16-27(17-15-26)29(5)23(2)12-13-24(3)31-21-25-10-8-7-9-11-25/h7-17,22H,2-3,18-21H2,1,4-6H3/b13-12-. The molecule has 4 heteroatoms. The zero-order valence-corrected chi connectivity index (χ0v) is 19.4. The number of likely N-dealkylation sites (N-methyl/N-ethyl adjacent to an activating group) is 2. The summed E-state index contributed by atoms with van der Waals surface area (Å²) >= 11 is 0. The van der Waals surface area contributed by atoms with Gasteiger partial charge in [0.1, 0.15) is 12.4 Å². The van der Waals surface area contributed by atoms with Crippen molar-refractivity contribution in [2.45, 2.75) is 19.4 Å². The molecule has 2 aromatic rings. The fourth-order valence-electron chi connectivity index (χ4n) is 3.20. The molecule has 0 spiro atoms. The fraction of sp³-hybridized carbons (Fsp3) is 0.333. The Kier molecular flexibility index (Phi) is 10.1. The Morgan fingerprint density at radius 1 is 1.00 bits per heavy atom. The Labute approximate surface area is 188 Å². The molecule has 0 fully saturated rings. The minimum Gasteiger partial charge on any atom is -0.490 e. The van der Waals surface area contributed by atoms with Gasteiger partial charge in [0, 0.05) is 38.6 Å². The first-order valence-corrected chi connectivity index (χ1v) is 10.6. The summed E-state index contributed by atoms with van der Waals surface area (Å²) in [6.45, 7) is 13.6. The van der Waals surface area contributed by atoms with Crippen LogP contribution in [0, 0.1) is 0 Å². The average molecular weight is 421 g/mol. The highest BCUT2D eigenvalue weighted by Gasteiger charge is 2.10.